The Labute approximate surface area is 140 Å². The van der Waals surface area contributed by atoms with Crippen LogP contribution in [-0.2, 0) is 16.1 Å². The van der Waals surface area contributed by atoms with Gasteiger partial charge in [0.1, 0.15) is 22.4 Å². The average molecular weight is 347 g/mol. The smallest absolute Gasteiger partial charge is 0.188 e. The molecule has 0 heterocycles. The lowest BCUT2D eigenvalue weighted by molar-refractivity contribution is 0.0349. The van der Waals surface area contributed by atoms with Gasteiger partial charge in [-0.1, -0.05) is 0 Å². The summed E-state index contributed by atoms with van der Waals surface area (Å²) in [6, 6.07) is 3.20. The van der Waals surface area contributed by atoms with Gasteiger partial charge < -0.3 is 19.1 Å². The molecule has 0 amide bonds. The number of halogens is 1. The van der Waals surface area contributed by atoms with Crippen molar-refractivity contribution in [1.82, 2.24) is 4.72 Å². The van der Waals surface area contributed by atoms with Gasteiger partial charge in [-0.3, -0.25) is 0 Å². The molecule has 1 aromatic carbocycles. The number of nitrogens with one attached hydrogen (secondary N) is 1. The second-order valence-electron chi connectivity index (χ2n) is 6.82. The van der Waals surface area contributed by atoms with Crippen molar-refractivity contribution in [2.75, 3.05) is 13.9 Å². The molecule has 0 aromatic heterocycles. The van der Waals surface area contributed by atoms with Gasteiger partial charge in [-0.05, 0) is 52.8 Å². The molecule has 0 aliphatic heterocycles. The van der Waals surface area contributed by atoms with Gasteiger partial charge in [0.25, 0.3) is 0 Å². The first kappa shape index (κ1) is 20.2. The number of benzene rings is 1. The van der Waals surface area contributed by atoms with E-state index in [1.807, 2.05) is 20.8 Å². The minimum Gasteiger partial charge on any atom is -0.598 e. The van der Waals surface area contributed by atoms with Gasteiger partial charge in [-0.15, -0.1) is 4.72 Å². The quantitative estimate of drug-likeness (QED) is 0.586. The zero-order valence-corrected chi connectivity index (χ0v) is 15.3. The molecular weight excluding hydrogens is 321 g/mol. The lowest BCUT2D eigenvalue weighted by Gasteiger charge is -2.34. The van der Waals surface area contributed by atoms with E-state index >= 15 is 0 Å². The Morgan fingerprint density at radius 1 is 1.30 bits per heavy atom. The van der Waals surface area contributed by atoms with E-state index in [0.29, 0.717) is 11.3 Å². The highest BCUT2D eigenvalue weighted by Crippen LogP contribution is 2.35. The molecule has 2 N–H and O–H groups in total. The lowest BCUT2D eigenvalue weighted by atomic mass is 9.92. The van der Waals surface area contributed by atoms with Crippen LogP contribution in [0.5, 0.6) is 5.75 Å². The highest BCUT2D eigenvalue weighted by Gasteiger charge is 2.38. The zero-order chi connectivity index (χ0) is 17.8. The van der Waals surface area contributed by atoms with Crippen LogP contribution in [0.25, 0.3) is 0 Å². The van der Waals surface area contributed by atoms with Crippen molar-refractivity contribution in [2.24, 2.45) is 0 Å². The number of hydrogen-bond donors (Lipinski definition) is 2. The van der Waals surface area contributed by atoms with Gasteiger partial charge in [0.15, 0.2) is 6.79 Å². The third-order valence-electron chi connectivity index (χ3n) is 3.10. The highest BCUT2D eigenvalue weighted by molar-refractivity contribution is 7.90. The van der Waals surface area contributed by atoms with Crippen LogP contribution in [0.4, 0.5) is 4.39 Å². The summed E-state index contributed by atoms with van der Waals surface area (Å²) < 4.78 is 38.8. The third kappa shape index (κ3) is 5.93. The Kier molecular flexibility index (Phi) is 6.85. The van der Waals surface area contributed by atoms with Gasteiger partial charge in [0.2, 0.25) is 0 Å². The number of hydrogen-bond acceptors (Lipinski definition) is 5. The van der Waals surface area contributed by atoms with Gasteiger partial charge >= 0.3 is 0 Å². The fourth-order valence-electron chi connectivity index (χ4n) is 1.87. The first-order chi connectivity index (χ1) is 10.5. The van der Waals surface area contributed by atoms with Crippen LogP contribution >= 0.6 is 0 Å². The minimum atomic E-state index is -1.45. The van der Waals surface area contributed by atoms with Crippen LogP contribution in [0.3, 0.4) is 0 Å². The summed E-state index contributed by atoms with van der Waals surface area (Å²) in [6.45, 7) is 8.55. The Morgan fingerprint density at radius 3 is 2.39 bits per heavy atom. The molecule has 0 saturated carbocycles. The first-order valence-electron chi connectivity index (χ1n) is 7.28. The van der Waals surface area contributed by atoms with E-state index < -0.39 is 33.6 Å². The lowest BCUT2D eigenvalue weighted by Crippen LogP contribution is -2.48. The standard InChI is InChI=1S/C16H26FNO4S/c1-15(2,3)23(20)18-14(16(4,5)19)12-9-11(17)7-8-13(12)22-10-21-6/h7-9,14,18-19H,10H2,1-6H3/t14-,23+/m0/s1. The minimum absolute atomic E-state index is 0.0143. The summed E-state index contributed by atoms with van der Waals surface area (Å²) in [5, 5.41) is 10.5. The fourth-order valence-corrected chi connectivity index (χ4v) is 2.85. The van der Waals surface area contributed by atoms with E-state index in [9.17, 15) is 14.0 Å². The molecule has 0 fully saturated rings. The molecule has 7 heteroatoms. The highest BCUT2D eigenvalue weighted by atomic mass is 32.2. The molecule has 0 aliphatic rings. The van der Waals surface area contributed by atoms with E-state index in [2.05, 4.69) is 4.72 Å². The second-order valence-corrected chi connectivity index (χ2v) is 8.82. The first-order valence-corrected chi connectivity index (χ1v) is 8.43. The average Bonchev–Trinajstić information content (AvgIpc) is 2.40. The maximum atomic E-state index is 13.7. The zero-order valence-electron chi connectivity index (χ0n) is 14.5. The van der Waals surface area contributed by atoms with Crippen LogP contribution in [0, 0.1) is 5.82 Å². The summed E-state index contributed by atoms with van der Waals surface area (Å²) in [5.41, 5.74) is -0.910. The summed E-state index contributed by atoms with van der Waals surface area (Å²) in [4.78, 5) is 0. The fraction of sp³-hybridized carbons (Fsp3) is 0.625. The topological polar surface area (TPSA) is 73.8 Å². The van der Waals surface area contributed by atoms with Crippen LogP contribution in [-0.4, -0.2) is 33.9 Å². The predicted octanol–water partition coefficient (Wildman–Crippen LogP) is 2.67. The molecule has 132 valence electrons. The van der Waals surface area contributed by atoms with Crippen molar-refractivity contribution in [1.29, 1.82) is 0 Å². The normalized spacial score (nSPS) is 15.3. The Bertz CT molecular complexity index is 514. The molecule has 1 aromatic rings. The maximum absolute atomic E-state index is 13.7. The summed E-state index contributed by atoms with van der Waals surface area (Å²) >= 11 is -1.45. The van der Waals surface area contributed by atoms with Crippen molar-refractivity contribution in [2.45, 2.75) is 51.0 Å². The summed E-state index contributed by atoms with van der Waals surface area (Å²) in [5.74, 6) is -0.110. The van der Waals surface area contributed by atoms with Crippen molar-refractivity contribution in [3.05, 3.63) is 29.6 Å². The molecule has 2 atom stereocenters. The largest absolute Gasteiger partial charge is 0.598 e. The Morgan fingerprint density at radius 2 is 1.91 bits per heavy atom. The van der Waals surface area contributed by atoms with Crippen LogP contribution in [0.15, 0.2) is 18.2 Å². The van der Waals surface area contributed by atoms with Gasteiger partial charge in [-0.25, -0.2) is 4.39 Å². The molecule has 0 bridgehead atoms. The molecule has 0 saturated heterocycles. The molecule has 0 aliphatic carbocycles. The number of aliphatic hydroxyl groups is 1. The molecule has 0 radical (unpaired) electrons. The molecule has 0 unspecified atom stereocenters. The van der Waals surface area contributed by atoms with E-state index in [1.54, 1.807) is 13.8 Å². The summed E-state index contributed by atoms with van der Waals surface area (Å²) in [6.07, 6.45) is 0. The number of rotatable bonds is 7. The van der Waals surface area contributed by atoms with Crippen LogP contribution in [0.2, 0.25) is 0 Å². The maximum Gasteiger partial charge on any atom is 0.188 e. The number of methoxy groups -OCH3 is 1. The van der Waals surface area contributed by atoms with Crippen LogP contribution < -0.4 is 9.46 Å². The van der Waals surface area contributed by atoms with Crippen molar-refractivity contribution >= 4 is 11.4 Å². The van der Waals surface area contributed by atoms with Gasteiger partial charge in [0, 0.05) is 24.0 Å². The Balaban J connectivity index is 3.24. The molecule has 23 heavy (non-hydrogen) atoms. The van der Waals surface area contributed by atoms with Gasteiger partial charge in [-0.2, -0.15) is 0 Å². The van der Waals surface area contributed by atoms with E-state index in [0.717, 1.165) is 0 Å². The van der Waals surface area contributed by atoms with Gasteiger partial charge in [0.05, 0.1) is 5.60 Å². The molecular formula is C16H26FNO4S. The third-order valence-corrected chi connectivity index (χ3v) is 4.66. The monoisotopic (exact) mass is 347 g/mol. The van der Waals surface area contributed by atoms with E-state index in [-0.39, 0.29) is 6.79 Å². The number of ether oxygens (including phenoxy) is 2. The van der Waals surface area contributed by atoms with Crippen molar-refractivity contribution in [3.63, 3.8) is 0 Å². The van der Waals surface area contributed by atoms with Crippen LogP contribution in [0.1, 0.15) is 46.2 Å². The second kappa shape index (κ2) is 7.81. The van der Waals surface area contributed by atoms with E-state index in [1.165, 1.54) is 25.3 Å². The summed E-state index contributed by atoms with van der Waals surface area (Å²) in [7, 11) is 1.48. The van der Waals surface area contributed by atoms with Crippen molar-refractivity contribution < 1.29 is 23.5 Å². The Hall–Kier alpha value is -0.860. The molecule has 5 nitrogen and oxygen atoms in total. The molecule has 0 spiro atoms. The van der Waals surface area contributed by atoms with E-state index in [4.69, 9.17) is 9.47 Å². The SMILES string of the molecule is COCOc1ccc(F)cc1[C@H](N[S@+]([O-])C(C)(C)C)C(C)(C)O. The van der Waals surface area contributed by atoms with Crippen molar-refractivity contribution in [3.8, 4) is 5.75 Å². The molecule has 1 rings (SSSR count). The predicted molar refractivity (Wildman–Crippen MR) is 89.0 cm³/mol.